The SMILES string of the molecule is COc1ccccc1N(CC(=O)N(Cc1cccc(Cl)c1)C(C)C(=O)NC1CCCCC1)S(=O)(=O)c1ccccc1. The van der Waals surface area contributed by atoms with Crippen LogP contribution < -0.4 is 14.4 Å². The number of carbonyl (C=O) groups is 2. The molecule has 3 aromatic carbocycles. The van der Waals surface area contributed by atoms with E-state index in [1.807, 2.05) is 6.07 Å². The molecule has 10 heteroatoms. The van der Waals surface area contributed by atoms with Crippen LogP contribution in [-0.4, -0.2) is 50.9 Å². The lowest BCUT2D eigenvalue weighted by Crippen LogP contribution is -2.53. The number of nitrogens with zero attached hydrogens (tertiary/aromatic N) is 2. The number of benzene rings is 3. The standard InChI is InChI=1S/C31H36ClN3O5S/c1-23(31(37)33-26-14-5-3-6-15-26)34(21-24-12-11-13-25(32)20-24)30(36)22-35(28-18-9-10-19-29(28)40-2)41(38,39)27-16-7-4-8-17-27/h4,7-13,16-20,23,26H,3,5-6,14-15,21-22H2,1-2H3,(H,33,37). The van der Waals surface area contributed by atoms with Gasteiger partial charge in [-0.1, -0.05) is 73.3 Å². The molecule has 218 valence electrons. The molecule has 0 aliphatic heterocycles. The molecule has 1 saturated carbocycles. The summed E-state index contributed by atoms with van der Waals surface area (Å²) in [5.74, 6) is -0.520. The van der Waals surface area contributed by atoms with E-state index in [2.05, 4.69) is 5.32 Å². The zero-order valence-corrected chi connectivity index (χ0v) is 24.9. The fourth-order valence-corrected chi connectivity index (χ4v) is 6.71. The maximum absolute atomic E-state index is 14.1. The molecule has 4 rings (SSSR count). The Morgan fingerprint density at radius 3 is 2.34 bits per heavy atom. The van der Waals surface area contributed by atoms with Crippen molar-refractivity contribution in [1.82, 2.24) is 10.2 Å². The number of rotatable bonds is 11. The van der Waals surface area contributed by atoms with Gasteiger partial charge in [0.25, 0.3) is 10.0 Å². The fraction of sp³-hybridized carbons (Fsp3) is 0.355. The van der Waals surface area contributed by atoms with Crippen molar-refractivity contribution < 1.29 is 22.7 Å². The van der Waals surface area contributed by atoms with Gasteiger partial charge >= 0.3 is 0 Å². The second-order valence-electron chi connectivity index (χ2n) is 10.2. The molecule has 0 bridgehead atoms. The molecule has 0 aromatic heterocycles. The molecule has 41 heavy (non-hydrogen) atoms. The van der Waals surface area contributed by atoms with Crippen molar-refractivity contribution in [2.45, 2.75) is 62.6 Å². The van der Waals surface area contributed by atoms with Gasteiger partial charge in [0.2, 0.25) is 11.8 Å². The molecule has 8 nitrogen and oxygen atoms in total. The average Bonchev–Trinajstić information content (AvgIpc) is 2.99. The highest BCUT2D eigenvalue weighted by molar-refractivity contribution is 7.92. The van der Waals surface area contributed by atoms with E-state index >= 15 is 0 Å². The highest BCUT2D eigenvalue weighted by Crippen LogP contribution is 2.32. The van der Waals surface area contributed by atoms with E-state index < -0.39 is 28.5 Å². The Morgan fingerprint density at radius 1 is 0.976 bits per heavy atom. The quantitative estimate of drug-likeness (QED) is 0.319. The van der Waals surface area contributed by atoms with E-state index in [1.165, 1.54) is 24.1 Å². The van der Waals surface area contributed by atoms with Crippen LogP contribution in [0.15, 0.2) is 83.8 Å². The van der Waals surface area contributed by atoms with Crippen LogP contribution >= 0.6 is 11.6 Å². The van der Waals surface area contributed by atoms with Gasteiger partial charge in [-0.25, -0.2) is 8.42 Å². The van der Waals surface area contributed by atoms with Gasteiger partial charge in [-0.2, -0.15) is 0 Å². The summed E-state index contributed by atoms with van der Waals surface area (Å²) in [6.07, 6.45) is 5.05. The minimum atomic E-state index is -4.18. The normalized spacial score (nSPS) is 14.6. The summed E-state index contributed by atoms with van der Waals surface area (Å²) in [6.45, 7) is 1.20. The van der Waals surface area contributed by atoms with Gasteiger partial charge < -0.3 is 15.0 Å². The maximum atomic E-state index is 14.1. The van der Waals surface area contributed by atoms with Crippen molar-refractivity contribution in [3.8, 4) is 5.75 Å². The highest BCUT2D eigenvalue weighted by Gasteiger charge is 2.34. The Morgan fingerprint density at radius 2 is 1.66 bits per heavy atom. The third-order valence-electron chi connectivity index (χ3n) is 7.32. The number of ether oxygens (including phenoxy) is 1. The van der Waals surface area contributed by atoms with Crippen molar-refractivity contribution in [3.05, 3.63) is 89.4 Å². The minimum Gasteiger partial charge on any atom is -0.495 e. The highest BCUT2D eigenvalue weighted by atomic mass is 35.5. The molecular formula is C31H36ClN3O5S. The third kappa shape index (κ3) is 7.59. The van der Waals surface area contributed by atoms with E-state index in [-0.39, 0.29) is 29.1 Å². The molecular weight excluding hydrogens is 562 g/mol. The maximum Gasteiger partial charge on any atom is 0.264 e. The summed E-state index contributed by atoms with van der Waals surface area (Å²) in [5.41, 5.74) is 0.937. The predicted octanol–water partition coefficient (Wildman–Crippen LogP) is 5.41. The molecule has 1 N–H and O–H groups in total. The Kier molecular flexibility index (Phi) is 10.3. The smallest absolute Gasteiger partial charge is 0.264 e. The molecule has 1 unspecified atom stereocenters. The van der Waals surface area contributed by atoms with Gasteiger partial charge in [-0.15, -0.1) is 0 Å². The van der Waals surface area contributed by atoms with Crippen molar-refractivity contribution in [2.75, 3.05) is 18.0 Å². The number of methoxy groups -OCH3 is 1. The van der Waals surface area contributed by atoms with Crippen molar-refractivity contribution >= 4 is 39.1 Å². The zero-order chi connectivity index (χ0) is 29.4. The number of para-hydroxylation sites is 2. The molecule has 1 fully saturated rings. The first kappa shape index (κ1) is 30.4. The molecule has 1 aliphatic rings. The largest absolute Gasteiger partial charge is 0.495 e. The zero-order valence-electron chi connectivity index (χ0n) is 23.3. The number of halogens is 1. The van der Waals surface area contributed by atoms with Crippen molar-refractivity contribution in [3.63, 3.8) is 0 Å². The number of sulfonamides is 1. The minimum absolute atomic E-state index is 0.0307. The van der Waals surface area contributed by atoms with Crippen LogP contribution in [-0.2, 0) is 26.2 Å². The van der Waals surface area contributed by atoms with Crippen LogP contribution in [0.25, 0.3) is 0 Å². The number of amides is 2. The molecule has 1 aliphatic carbocycles. The Bertz CT molecular complexity index is 1440. The molecule has 0 heterocycles. The van der Waals surface area contributed by atoms with Crippen LogP contribution in [0.4, 0.5) is 5.69 Å². The van der Waals surface area contributed by atoms with E-state index in [4.69, 9.17) is 16.3 Å². The van der Waals surface area contributed by atoms with Crippen molar-refractivity contribution in [1.29, 1.82) is 0 Å². The van der Waals surface area contributed by atoms with Crippen molar-refractivity contribution in [2.24, 2.45) is 0 Å². The van der Waals surface area contributed by atoms with Crippen LogP contribution in [0.3, 0.4) is 0 Å². The molecule has 0 spiro atoms. The first-order chi connectivity index (χ1) is 19.7. The van der Waals surface area contributed by atoms with Gasteiger partial charge in [0, 0.05) is 17.6 Å². The lowest BCUT2D eigenvalue weighted by atomic mass is 9.95. The lowest BCUT2D eigenvalue weighted by Gasteiger charge is -2.33. The molecule has 0 saturated heterocycles. The van der Waals surface area contributed by atoms with E-state index in [1.54, 1.807) is 67.6 Å². The second-order valence-corrected chi connectivity index (χ2v) is 12.5. The van der Waals surface area contributed by atoms with Crippen LogP contribution in [0, 0.1) is 0 Å². The lowest BCUT2D eigenvalue weighted by molar-refractivity contribution is -0.139. The molecule has 0 radical (unpaired) electrons. The number of carbonyl (C=O) groups excluding carboxylic acids is 2. The number of anilines is 1. The van der Waals surface area contributed by atoms with Gasteiger partial charge in [0.1, 0.15) is 18.3 Å². The van der Waals surface area contributed by atoms with Gasteiger partial charge in [-0.3, -0.25) is 13.9 Å². The predicted molar refractivity (Wildman–Crippen MR) is 160 cm³/mol. The number of hydrogen-bond acceptors (Lipinski definition) is 5. The molecule has 3 aromatic rings. The van der Waals surface area contributed by atoms with Crippen LogP contribution in [0.5, 0.6) is 5.75 Å². The first-order valence-corrected chi connectivity index (χ1v) is 15.6. The van der Waals surface area contributed by atoms with Crippen LogP contribution in [0.2, 0.25) is 5.02 Å². The summed E-state index contributed by atoms with van der Waals surface area (Å²) < 4.78 is 34.4. The Balaban J connectivity index is 1.69. The summed E-state index contributed by atoms with van der Waals surface area (Å²) in [4.78, 5) is 28.9. The average molecular weight is 598 g/mol. The van der Waals surface area contributed by atoms with E-state index in [9.17, 15) is 18.0 Å². The van der Waals surface area contributed by atoms with Crippen LogP contribution in [0.1, 0.15) is 44.6 Å². The summed E-state index contributed by atoms with van der Waals surface area (Å²) in [5, 5.41) is 3.60. The fourth-order valence-electron chi connectivity index (χ4n) is 5.05. The molecule has 2 amide bonds. The number of hydrogen-bond donors (Lipinski definition) is 1. The summed E-state index contributed by atoms with van der Waals surface area (Å²) in [7, 11) is -2.74. The van der Waals surface area contributed by atoms with Gasteiger partial charge in [-0.05, 0) is 61.7 Å². The Hall–Kier alpha value is -3.56. The third-order valence-corrected chi connectivity index (χ3v) is 9.33. The monoisotopic (exact) mass is 597 g/mol. The summed E-state index contributed by atoms with van der Waals surface area (Å²) in [6, 6.07) is 20.8. The first-order valence-electron chi connectivity index (χ1n) is 13.8. The summed E-state index contributed by atoms with van der Waals surface area (Å²) >= 11 is 6.22. The van der Waals surface area contributed by atoms with E-state index in [0.29, 0.717) is 10.8 Å². The van der Waals surface area contributed by atoms with Gasteiger partial charge in [0.15, 0.2) is 0 Å². The topological polar surface area (TPSA) is 96.0 Å². The van der Waals surface area contributed by atoms with E-state index in [0.717, 1.165) is 42.0 Å². The van der Waals surface area contributed by atoms with Gasteiger partial charge in [0.05, 0.1) is 17.7 Å². The second kappa shape index (κ2) is 13.9. The molecule has 1 atom stereocenters. The number of nitrogens with one attached hydrogen (secondary N) is 1. The Labute approximate surface area is 247 Å².